The van der Waals surface area contributed by atoms with Gasteiger partial charge < -0.3 is 0 Å². The molecule has 0 saturated carbocycles. The minimum Gasteiger partial charge on any atom is -0.290 e. The van der Waals surface area contributed by atoms with E-state index in [-0.39, 0.29) is 6.04 Å². The predicted molar refractivity (Wildman–Crippen MR) is 74.5 cm³/mol. The van der Waals surface area contributed by atoms with E-state index in [1.54, 1.807) is 6.07 Å². The Bertz CT molecular complexity index is 566. The average Bonchev–Trinajstić information content (AvgIpc) is 2.79. The molecule has 1 aliphatic rings. The molecular formula is C12H17N3O2S2. The second-order valence-electron chi connectivity index (χ2n) is 4.69. The topological polar surface area (TPSA) is 73.2 Å². The van der Waals surface area contributed by atoms with Gasteiger partial charge >= 0.3 is 0 Å². The summed E-state index contributed by atoms with van der Waals surface area (Å²) >= 11 is 1.29. The summed E-state index contributed by atoms with van der Waals surface area (Å²) in [6, 6.07) is 5.55. The van der Waals surface area contributed by atoms with Crippen molar-refractivity contribution in [3.8, 4) is 6.07 Å². The van der Waals surface area contributed by atoms with Gasteiger partial charge in [-0.15, -0.1) is 11.3 Å². The summed E-state index contributed by atoms with van der Waals surface area (Å²) in [5.41, 5.74) is 0. The van der Waals surface area contributed by atoms with E-state index in [0.29, 0.717) is 10.8 Å². The van der Waals surface area contributed by atoms with Crippen LogP contribution in [0.5, 0.6) is 0 Å². The van der Waals surface area contributed by atoms with Crippen LogP contribution in [0.4, 0.5) is 0 Å². The van der Waals surface area contributed by atoms with Gasteiger partial charge in [-0.1, -0.05) is 0 Å². The number of rotatable bonds is 4. The van der Waals surface area contributed by atoms with E-state index < -0.39 is 10.0 Å². The minimum absolute atomic E-state index is 0.0256. The average molecular weight is 299 g/mol. The van der Waals surface area contributed by atoms with Crippen molar-refractivity contribution in [1.82, 2.24) is 9.62 Å². The number of nitrogens with one attached hydrogen (secondary N) is 1. The third-order valence-corrected chi connectivity index (χ3v) is 6.20. The van der Waals surface area contributed by atoms with Gasteiger partial charge in [0.05, 0.1) is 12.6 Å². The van der Waals surface area contributed by atoms with Crippen molar-refractivity contribution >= 4 is 21.4 Å². The fourth-order valence-electron chi connectivity index (χ4n) is 2.14. The number of likely N-dealkylation sites (tertiary alicyclic amines) is 1. The third kappa shape index (κ3) is 3.76. The monoisotopic (exact) mass is 299 g/mol. The SMILES string of the molecule is Cc1ccc(S(=O)(=O)NC2CCN(CC#N)CC2)s1. The van der Waals surface area contributed by atoms with Crippen molar-refractivity contribution in [1.29, 1.82) is 5.26 Å². The first kappa shape index (κ1) is 14.5. The summed E-state index contributed by atoms with van der Waals surface area (Å²) in [7, 11) is -3.38. The molecule has 5 nitrogen and oxygen atoms in total. The molecule has 19 heavy (non-hydrogen) atoms. The molecule has 0 radical (unpaired) electrons. The zero-order valence-corrected chi connectivity index (χ0v) is 12.4. The first-order valence-electron chi connectivity index (χ1n) is 6.19. The molecule has 0 aromatic carbocycles. The van der Waals surface area contributed by atoms with Gasteiger partial charge in [0.2, 0.25) is 10.0 Å². The number of hydrogen-bond acceptors (Lipinski definition) is 5. The van der Waals surface area contributed by atoms with Gasteiger partial charge in [-0.25, -0.2) is 13.1 Å². The predicted octanol–water partition coefficient (Wildman–Crippen LogP) is 1.32. The van der Waals surface area contributed by atoms with E-state index in [9.17, 15) is 8.42 Å². The lowest BCUT2D eigenvalue weighted by molar-refractivity contribution is 0.229. The molecule has 1 fully saturated rings. The fourth-order valence-corrected chi connectivity index (χ4v) is 4.75. The number of nitriles is 1. The Balaban J connectivity index is 1.94. The third-order valence-electron chi connectivity index (χ3n) is 3.18. The molecule has 0 atom stereocenters. The Hall–Kier alpha value is -0.940. The molecule has 1 aromatic rings. The summed E-state index contributed by atoms with van der Waals surface area (Å²) in [5.74, 6) is 0. The number of aryl methyl sites for hydroxylation is 1. The highest BCUT2D eigenvalue weighted by molar-refractivity contribution is 7.91. The van der Waals surface area contributed by atoms with Crippen LogP contribution >= 0.6 is 11.3 Å². The lowest BCUT2D eigenvalue weighted by Crippen LogP contribution is -2.44. The molecule has 0 aliphatic carbocycles. The van der Waals surface area contributed by atoms with Gasteiger partial charge in [-0.05, 0) is 31.9 Å². The Morgan fingerprint density at radius 3 is 2.68 bits per heavy atom. The Morgan fingerprint density at radius 2 is 2.16 bits per heavy atom. The molecular weight excluding hydrogens is 282 g/mol. The van der Waals surface area contributed by atoms with Crippen LogP contribution in [-0.2, 0) is 10.0 Å². The first-order chi connectivity index (χ1) is 9.01. The summed E-state index contributed by atoms with van der Waals surface area (Å²) in [5, 5.41) is 8.62. The van der Waals surface area contributed by atoms with Crippen molar-refractivity contribution in [2.45, 2.75) is 30.0 Å². The Labute approximate surface area is 117 Å². The molecule has 7 heteroatoms. The highest BCUT2D eigenvalue weighted by Gasteiger charge is 2.25. The number of sulfonamides is 1. The molecule has 2 heterocycles. The lowest BCUT2D eigenvalue weighted by atomic mass is 10.1. The quantitative estimate of drug-likeness (QED) is 0.851. The maximum atomic E-state index is 12.2. The van der Waals surface area contributed by atoms with Crippen LogP contribution in [0.2, 0.25) is 0 Å². The van der Waals surface area contributed by atoms with E-state index in [2.05, 4.69) is 10.8 Å². The molecule has 1 aliphatic heterocycles. The molecule has 1 saturated heterocycles. The van der Waals surface area contributed by atoms with Crippen molar-refractivity contribution in [2.24, 2.45) is 0 Å². The molecule has 1 N–H and O–H groups in total. The molecule has 1 aromatic heterocycles. The normalized spacial score (nSPS) is 18.3. The molecule has 0 bridgehead atoms. The van der Waals surface area contributed by atoms with Gasteiger partial charge in [-0.3, -0.25) is 4.90 Å². The molecule has 0 unspecified atom stereocenters. The van der Waals surface area contributed by atoms with Gasteiger partial charge in [0, 0.05) is 24.0 Å². The summed E-state index contributed by atoms with van der Waals surface area (Å²) in [4.78, 5) is 3.03. The van der Waals surface area contributed by atoms with Gasteiger partial charge in [-0.2, -0.15) is 5.26 Å². The van der Waals surface area contributed by atoms with E-state index in [1.165, 1.54) is 11.3 Å². The summed E-state index contributed by atoms with van der Waals surface area (Å²) in [6.07, 6.45) is 1.51. The van der Waals surface area contributed by atoms with Crippen LogP contribution in [0.25, 0.3) is 0 Å². The second kappa shape index (κ2) is 6.01. The van der Waals surface area contributed by atoms with Crippen LogP contribution < -0.4 is 4.72 Å². The Kier molecular flexibility index (Phi) is 4.58. The van der Waals surface area contributed by atoms with Crippen molar-refractivity contribution in [2.75, 3.05) is 19.6 Å². The van der Waals surface area contributed by atoms with Crippen LogP contribution in [0.3, 0.4) is 0 Å². The number of piperidine rings is 1. The fraction of sp³-hybridized carbons (Fsp3) is 0.583. The molecule has 2 rings (SSSR count). The zero-order valence-electron chi connectivity index (χ0n) is 10.8. The van der Waals surface area contributed by atoms with Gasteiger partial charge in [0.1, 0.15) is 4.21 Å². The van der Waals surface area contributed by atoms with Crippen LogP contribution in [-0.4, -0.2) is 39.0 Å². The first-order valence-corrected chi connectivity index (χ1v) is 8.49. The molecule has 0 amide bonds. The largest absolute Gasteiger partial charge is 0.290 e. The van der Waals surface area contributed by atoms with Crippen molar-refractivity contribution < 1.29 is 8.42 Å². The summed E-state index contributed by atoms with van der Waals surface area (Å²) in [6.45, 7) is 3.85. The van der Waals surface area contributed by atoms with Crippen molar-refractivity contribution in [3.63, 3.8) is 0 Å². The molecule has 0 spiro atoms. The second-order valence-corrected chi connectivity index (χ2v) is 7.92. The zero-order chi connectivity index (χ0) is 13.9. The van der Waals surface area contributed by atoms with Crippen LogP contribution in [0, 0.1) is 18.3 Å². The Morgan fingerprint density at radius 1 is 1.47 bits per heavy atom. The van der Waals surface area contributed by atoms with Crippen LogP contribution in [0.15, 0.2) is 16.3 Å². The van der Waals surface area contributed by atoms with Gasteiger partial charge in [0.15, 0.2) is 0 Å². The highest BCUT2D eigenvalue weighted by Crippen LogP contribution is 2.22. The minimum atomic E-state index is -3.38. The standard InChI is InChI=1S/C12H17N3O2S2/c1-10-2-3-12(18-10)19(16,17)14-11-4-7-15(8-5-11)9-6-13/h2-3,11,14H,4-5,7-9H2,1H3. The lowest BCUT2D eigenvalue weighted by Gasteiger charge is -2.30. The maximum Gasteiger partial charge on any atom is 0.250 e. The van der Waals surface area contributed by atoms with E-state index in [4.69, 9.17) is 5.26 Å². The van der Waals surface area contributed by atoms with E-state index >= 15 is 0 Å². The summed E-state index contributed by atoms with van der Waals surface area (Å²) < 4.78 is 27.4. The van der Waals surface area contributed by atoms with Gasteiger partial charge in [0.25, 0.3) is 0 Å². The number of hydrogen-bond donors (Lipinski definition) is 1. The van der Waals surface area contributed by atoms with Crippen LogP contribution in [0.1, 0.15) is 17.7 Å². The highest BCUT2D eigenvalue weighted by atomic mass is 32.2. The maximum absolute atomic E-state index is 12.2. The number of thiophene rings is 1. The number of nitrogens with zero attached hydrogens (tertiary/aromatic N) is 2. The van der Waals surface area contributed by atoms with Crippen molar-refractivity contribution in [3.05, 3.63) is 17.0 Å². The smallest absolute Gasteiger partial charge is 0.250 e. The van der Waals surface area contributed by atoms with E-state index in [0.717, 1.165) is 30.8 Å². The van der Waals surface area contributed by atoms with E-state index in [1.807, 2.05) is 17.9 Å². The molecule has 104 valence electrons.